The van der Waals surface area contributed by atoms with Gasteiger partial charge in [-0.1, -0.05) is 12.1 Å². The average molecular weight is 365 g/mol. The van der Waals surface area contributed by atoms with Crippen molar-refractivity contribution in [2.75, 3.05) is 20.2 Å². The molecule has 25 heavy (non-hydrogen) atoms. The van der Waals surface area contributed by atoms with Crippen LogP contribution >= 0.6 is 0 Å². The highest BCUT2D eigenvalue weighted by atomic mass is 32.2. The number of methoxy groups -OCH3 is 1. The number of pyridine rings is 1. The molecule has 7 heteroatoms. The van der Waals surface area contributed by atoms with Gasteiger partial charge < -0.3 is 14.0 Å². The predicted octanol–water partition coefficient (Wildman–Crippen LogP) is 2.99. The molecule has 2 aromatic heterocycles. The molecule has 6 nitrogen and oxygen atoms in total. The Morgan fingerprint density at radius 3 is 2.92 bits per heavy atom. The number of nitrogens with zero attached hydrogens (tertiary/aromatic N) is 2. The smallest absolute Gasteiger partial charge is 0.322 e. The summed E-state index contributed by atoms with van der Waals surface area (Å²) in [7, 11) is 0.942. The quantitative estimate of drug-likeness (QED) is 0.621. The summed E-state index contributed by atoms with van der Waals surface area (Å²) in [6.07, 6.45) is -1.81. The van der Waals surface area contributed by atoms with Gasteiger partial charge >= 0.3 is 5.16 Å². The number of imidazole rings is 1. The second-order valence-corrected chi connectivity index (χ2v) is 6.43. The van der Waals surface area contributed by atoms with Crippen molar-refractivity contribution in [3.8, 4) is 5.75 Å². The molecule has 0 aliphatic carbocycles. The molecule has 1 atom stereocenters. The summed E-state index contributed by atoms with van der Waals surface area (Å²) < 4.78 is 69.5. The maximum absolute atomic E-state index is 12.8. The van der Waals surface area contributed by atoms with Crippen molar-refractivity contribution in [3.63, 3.8) is 0 Å². The predicted molar refractivity (Wildman–Crippen MR) is 97.2 cm³/mol. The van der Waals surface area contributed by atoms with Crippen molar-refractivity contribution in [1.29, 1.82) is 0 Å². The van der Waals surface area contributed by atoms with Crippen molar-refractivity contribution >= 4 is 22.2 Å². The van der Waals surface area contributed by atoms with E-state index in [2.05, 4.69) is 19.7 Å². The van der Waals surface area contributed by atoms with Gasteiger partial charge in [0.05, 0.1) is 28.8 Å². The Morgan fingerprint density at radius 1 is 1.28 bits per heavy atom. The number of aromatic nitrogens is 3. The SMILES string of the molecule is [2H]C([2H])(OC)C([2H])([2H])C([2H])([2H])Oc1ccnc(C[S+]([O-])c2nc3ccccc3[nH]2)c1C. The summed E-state index contributed by atoms with van der Waals surface area (Å²) in [6.45, 7) is -4.44. The molecular weight excluding hydrogens is 338 g/mol. The van der Waals surface area contributed by atoms with Crippen molar-refractivity contribution in [3.05, 3.63) is 47.8 Å². The molecule has 0 aliphatic rings. The van der Waals surface area contributed by atoms with Crippen LogP contribution in [0.4, 0.5) is 0 Å². The molecule has 1 unspecified atom stereocenters. The number of H-pyrrole nitrogens is 1. The lowest BCUT2D eigenvalue weighted by Gasteiger charge is -2.12. The summed E-state index contributed by atoms with van der Waals surface area (Å²) in [5, 5.41) is 0.272. The average Bonchev–Trinajstić information content (AvgIpc) is 3.15. The van der Waals surface area contributed by atoms with Crippen LogP contribution in [0.1, 0.15) is 25.9 Å². The fourth-order valence-corrected chi connectivity index (χ4v) is 3.30. The molecule has 0 aliphatic heterocycles. The van der Waals surface area contributed by atoms with E-state index in [0.29, 0.717) is 16.8 Å². The zero-order valence-electron chi connectivity index (χ0n) is 19.7. The van der Waals surface area contributed by atoms with Gasteiger partial charge in [-0.3, -0.25) is 9.97 Å². The third-order valence-electron chi connectivity index (χ3n) is 3.47. The molecule has 3 aromatic rings. The monoisotopic (exact) mass is 365 g/mol. The van der Waals surface area contributed by atoms with Crippen LogP contribution in [0.25, 0.3) is 11.0 Å². The molecule has 3 rings (SSSR count). The summed E-state index contributed by atoms with van der Waals surface area (Å²) in [5.41, 5.74) is 2.12. The first-order chi connectivity index (χ1) is 14.4. The van der Waals surface area contributed by atoms with Gasteiger partial charge in [0, 0.05) is 45.7 Å². The fourth-order valence-electron chi connectivity index (χ4n) is 2.20. The third-order valence-corrected chi connectivity index (χ3v) is 4.64. The molecule has 2 heterocycles. The van der Waals surface area contributed by atoms with Crippen molar-refractivity contribution in [2.45, 2.75) is 24.2 Å². The van der Waals surface area contributed by atoms with E-state index in [-0.39, 0.29) is 16.7 Å². The van der Waals surface area contributed by atoms with Crippen molar-refractivity contribution in [2.24, 2.45) is 0 Å². The van der Waals surface area contributed by atoms with E-state index in [1.807, 2.05) is 18.2 Å². The minimum atomic E-state index is -3.14. The topological polar surface area (TPSA) is 83.1 Å². The highest BCUT2D eigenvalue weighted by molar-refractivity contribution is 7.90. The lowest BCUT2D eigenvalue weighted by atomic mass is 10.2. The van der Waals surface area contributed by atoms with Gasteiger partial charge in [0.25, 0.3) is 0 Å². The number of ether oxygens (including phenoxy) is 2. The third kappa shape index (κ3) is 4.31. The van der Waals surface area contributed by atoms with Gasteiger partial charge in [0.2, 0.25) is 0 Å². The first-order valence-electron chi connectivity index (χ1n) is 10.4. The number of nitrogens with one attached hydrogen (secondary N) is 1. The Labute approximate surface area is 158 Å². The van der Waals surface area contributed by atoms with Gasteiger partial charge in [-0.05, 0) is 25.1 Å². The van der Waals surface area contributed by atoms with Crippen LogP contribution in [-0.2, 0) is 21.7 Å². The molecule has 0 fully saturated rings. The number of hydrogen-bond donors (Lipinski definition) is 1. The summed E-state index contributed by atoms with van der Waals surface area (Å²) >= 11 is -1.57. The Hall–Kier alpha value is -2.09. The number of aromatic amines is 1. The fraction of sp³-hybridized carbons (Fsp3) is 0.333. The molecule has 0 saturated carbocycles. The number of para-hydroxylation sites is 2. The Balaban J connectivity index is 1.84. The van der Waals surface area contributed by atoms with Crippen LogP contribution in [0.2, 0.25) is 0 Å². The minimum absolute atomic E-state index is 0.0301. The number of rotatable bonds is 8. The van der Waals surface area contributed by atoms with E-state index in [0.717, 1.165) is 12.6 Å². The Bertz CT molecular complexity index is 1050. The first-order valence-corrected chi connectivity index (χ1v) is 8.73. The van der Waals surface area contributed by atoms with Gasteiger partial charge in [0.1, 0.15) is 5.75 Å². The standard InChI is InChI=1S/C18H21N3O3S/c1-13-16(19-9-8-17(13)24-11-5-10-23-2)12-25(22)18-20-14-6-3-4-7-15(14)21-18/h3-4,6-9H,5,10-12H2,1-2H3,(H,20,21)/i5D2,10D2,11D2. The van der Waals surface area contributed by atoms with Crippen LogP contribution in [-0.4, -0.2) is 39.7 Å². The lowest BCUT2D eigenvalue weighted by molar-refractivity contribution is 0.172. The normalized spacial score (nSPS) is 17.7. The van der Waals surface area contributed by atoms with E-state index in [1.165, 1.54) is 12.3 Å². The molecule has 1 aromatic carbocycles. The van der Waals surface area contributed by atoms with E-state index < -0.39 is 30.7 Å². The van der Waals surface area contributed by atoms with Crippen LogP contribution in [0.3, 0.4) is 0 Å². The lowest BCUT2D eigenvalue weighted by Crippen LogP contribution is -2.10. The zero-order valence-corrected chi connectivity index (χ0v) is 14.5. The largest absolute Gasteiger partial charge is 0.609 e. The highest BCUT2D eigenvalue weighted by Crippen LogP contribution is 2.24. The number of fused-ring (bicyclic) bond motifs is 1. The number of hydrogen-bond acceptors (Lipinski definition) is 5. The van der Waals surface area contributed by atoms with Gasteiger partial charge in [0.15, 0.2) is 5.75 Å². The Morgan fingerprint density at radius 2 is 2.12 bits per heavy atom. The molecule has 1 N–H and O–H groups in total. The molecule has 0 amide bonds. The zero-order chi connectivity index (χ0) is 23.0. The molecule has 0 radical (unpaired) electrons. The minimum Gasteiger partial charge on any atom is -0.609 e. The molecule has 132 valence electrons. The van der Waals surface area contributed by atoms with Gasteiger partial charge in [-0.25, -0.2) is 0 Å². The summed E-state index contributed by atoms with van der Waals surface area (Å²) in [5.74, 6) is -0.0788. The molecule has 0 bridgehead atoms. The Kier molecular flexibility index (Phi) is 3.84. The highest BCUT2D eigenvalue weighted by Gasteiger charge is 2.20. The second-order valence-electron chi connectivity index (χ2n) is 5.07. The maximum atomic E-state index is 12.8. The maximum Gasteiger partial charge on any atom is 0.322 e. The van der Waals surface area contributed by atoms with Crippen LogP contribution in [0, 0.1) is 6.92 Å². The van der Waals surface area contributed by atoms with Crippen LogP contribution in [0.5, 0.6) is 5.75 Å². The van der Waals surface area contributed by atoms with E-state index in [9.17, 15) is 4.55 Å². The molecule has 0 saturated heterocycles. The van der Waals surface area contributed by atoms with Gasteiger partial charge in [-0.15, -0.1) is 0 Å². The summed E-state index contributed by atoms with van der Waals surface area (Å²) in [6, 6.07) is 8.59. The molecular formula is C18H21N3O3S. The van der Waals surface area contributed by atoms with E-state index >= 15 is 0 Å². The van der Waals surface area contributed by atoms with E-state index in [4.69, 9.17) is 13.0 Å². The van der Waals surface area contributed by atoms with Crippen molar-refractivity contribution in [1.82, 2.24) is 15.0 Å². The molecule has 0 spiro atoms. The van der Waals surface area contributed by atoms with E-state index in [1.54, 1.807) is 13.0 Å². The van der Waals surface area contributed by atoms with Crippen molar-refractivity contribution < 1.29 is 22.3 Å². The van der Waals surface area contributed by atoms with Crippen LogP contribution in [0.15, 0.2) is 41.7 Å². The summed E-state index contributed by atoms with van der Waals surface area (Å²) in [4.78, 5) is 11.5. The van der Waals surface area contributed by atoms with Gasteiger partial charge in [-0.2, -0.15) is 4.98 Å². The van der Waals surface area contributed by atoms with Crippen LogP contribution < -0.4 is 4.74 Å². The number of benzene rings is 1. The second kappa shape index (κ2) is 8.33. The first kappa shape index (κ1) is 11.5.